The quantitative estimate of drug-likeness (QED) is 0.449. The van der Waals surface area contributed by atoms with Crippen molar-refractivity contribution in [2.75, 3.05) is 26.1 Å². The van der Waals surface area contributed by atoms with Crippen molar-refractivity contribution in [2.45, 2.75) is 90.1 Å². The van der Waals surface area contributed by atoms with Gasteiger partial charge in [0.15, 0.2) is 5.79 Å². The lowest BCUT2D eigenvalue weighted by Crippen LogP contribution is -2.58. The highest BCUT2D eigenvalue weighted by molar-refractivity contribution is 7.85. The van der Waals surface area contributed by atoms with Crippen molar-refractivity contribution < 1.29 is 36.7 Å². The average molecular weight is 489 g/mol. The Balaban J connectivity index is 1.61. The first-order valence-corrected chi connectivity index (χ1v) is 14.2. The monoisotopic (exact) mass is 488 g/mol. The molecule has 4 fully saturated rings. The number of rotatable bonds is 6. The third-order valence-corrected chi connectivity index (χ3v) is 10.0. The number of hydrogen-bond acceptors (Lipinski definition) is 8. The van der Waals surface area contributed by atoms with E-state index in [0.717, 1.165) is 38.4 Å². The summed E-state index contributed by atoms with van der Waals surface area (Å²) >= 11 is 0. The zero-order valence-corrected chi connectivity index (χ0v) is 21.2. The van der Waals surface area contributed by atoms with Crippen molar-refractivity contribution in [1.29, 1.82) is 0 Å². The van der Waals surface area contributed by atoms with E-state index in [-0.39, 0.29) is 47.3 Å². The van der Waals surface area contributed by atoms with Gasteiger partial charge in [0.25, 0.3) is 10.1 Å². The summed E-state index contributed by atoms with van der Waals surface area (Å²) in [5.41, 5.74) is -0.422. The number of hydrogen-bond donors (Lipinski definition) is 1. The highest BCUT2D eigenvalue weighted by atomic mass is 32.2. The molecule has 33 heavy (non-hydrogen) atoms. The third-order valence-electron chi connectivity index (χ3n) is 9.41. The fourth-order valence-corrected chi connectivity index (χ4v) is 8.10. The van der Waals surface area contributed by atoms with Gasteiger partial charge in [0.2, 0.25) is 0 Å². The smallest absolute Gasteiger partial charge is 0.302 e. The van der Waals surface area contributed by atoms with Gasteiger partial charge in [0, 0.05) is 30.6 Å². The topological polar surface area (TPSA) is 108 Å². The molecule has 0 radical (unpaired) electrons. The molecule has 4 rings (SSSR count). The number of carbonyl (C=O) groups is 1. The van der Waals surface area contributed by atoms with Crippen LogP contribution in [0, 0.1) is 28.6 Å². The van der Waals surface area contributed by atoms with Gasteiger partial charge in [0.1, 0.15) is 6.10 Å². The molecule has 4 aliphatic rings. The molecule has 1 saturated heterocycles. The lowest BCUT2D eigenvalue weighted by molar-refractivity contribution is -0.252. The maximum atomic E-state index is 12.3. The van der Waals surface area contributed by atoms with Crippen LogP contribution in [-0.4, -0.2) is 63.6 Å². The Labute approximate surface area is 197 Å². The second-order valence-corrected chi connectivity index (χ2v) is 12.8. The van der Waals surface area contributed by atoms with Crippen LogP contribution in [0.5, 0.6) is 0 Å². The molecule has 1 N–H and O–H groups in total. The molecular weight excluding hydrogens is 448 g/mol. The molecular formula is C24H40O8S. The standard InChI is InChI=1S/C24H40O8S/c1-16(25)32-21-19(6-10-23(3)20(21)7-11-24(23)29-13-14-30-24)22(2)9-5-18(26)15-17(22)8-12-31-33(4,27)28/h17-21,26H,5-15H2,1-4H3/t17-,18-,19-,20-,21+,22-,23-/m0/s1. The SMILES string of the molecule is CC(=O)O[C@@H]1[C@@H]([C@@]2(C)CC[C@H](O)C[C@@H]2CCOS(C)(=O)=O)CC[C@@]2(C)[C@H]1CCC21OCCO1. The van der Waals surface area contributed by atoms with Crippen molar-refractivity contribution >= 4 is 16.1 Å². The summed E-state index contributed by atoms with van der Waals surface area (Å²) in [6, 6.07) is 0. The van der Waals surface area contributed by atoms with E-state index in [1.54, 1.807) is 0 Å². The molecule has 0 aromatic heterocycles. The fourth-order valence-electron chi connectivity index (χ4n) is 7.70. The zero-order chi connectivity index (χ0) is 24.1. The van der Waals surface area contributed by atoms with Crippen LogP contribution in [0.15, 0.2) is 0 Å². The fraction of sp³-hybridized carbons (Fsp3) is 0.958. The number of aliphatic hydroxyl groups is 1. The number of aliphatic hydroxyl groups excluding tert-OH is 1. The van der Waals surface area contributed by atoms with Gasteiger partial charge in [-0.15, -0.1) is 0 Å². The summed E-state index contributed by atoms with van der Waals surface area (Å²) in [6.07, 6.45) is 6.52. The minimum absolute atomic E-state index is 0.0739. The summed E-state index contributed by atoms with van der Waals surface area (Å²) in [5.74, 6) is -0.542. The van der Waals surface area contributed by atoms with Gasteiger partial charge in [-0.1, -0.05) is 13.8 Å². The molecule has 0 bridgehead atoms. The second-order valence-electron chi connectivity index (χ2n) is 11.2. The lowest BCUT2D eigenvalue weighted by Gasteiger charge is -2.57. The van der Waals surface area contributed by atoms with Crippen molar-refractivity contribution in [1.82, 2.24) is 0 Å². The Morgan fingerprint density at radius 3 is 2.36 bits per heavy atom. The maximum Gasteiger partial charge on any atom is 0.302 e. The van der Waals surface area contributed by atoms with Crippen LogP contribution >= 0.6 is 0 Å². The van der Waals surface area contributed by atoms with Crippen LogP contribution in [0.4, 0.5) is 0 Å². The number of ether oxygens (including phenoxy) is 3. The lowest BCUT2D eigenvalue weighted by atomic mass is 9.51. The number of esters is 1. The number of carbonyl (C=O) groups excluding carboxylic acids is 1. The molecule has 0 aromatic carbocycles. The van der Waals surface area contributed by atoms with E-state index in [2.05, 4.69) is 13.8 Å². The molecule has 1 spiro atoms. The van der Waals surface area contributed by atoms with E-state index >= 15 is 0 Å². The van der Waals surface area contributed by atoms with Crippen LogP contribution in [0.3, 0.4) is 0 Å². The predicted molar refractivity (Wildman–Crippen MR) is 121 cm³/mol. The minimum atomic E-state index is -3.52. The van der Waals surface area contributed by atoms with Crippen LogP contribution in [0.2, 0.25) is 0 Å². The molecule has 9 heteroatoms. The molecule has 7 atom stereocenters. The molecule has 8 nitrogen and oxygen atoms in total. The minimum Gasteiger partial charge on any atom is -0.462 e. The van der Waals surface area contributed by atoms with Crippen molar-refractivity contribution in [2.24, 2.45) is 28.6 Å². The van der Waals surface area contributed by atoms with Gasteiger partial charge in [0.05, 0.1) is 32.2 Å². The summed E-state index contributed by atoms with van der Waals surface area (Å²) < 4.78 is 46.5. The first-order valence-electron chi connectivity index (χ1n) is 12.4. The molecule has 0 amide bonds. The van der Waals surface area contributed by atoms with E-state index in [1.807, 2.05) is 0 Å². The van der Waals surface area contributed by atoms with Crippen LogP contribution in [0.1, 0.15) is 72.1 Å². The third kappa shape index (κ3) is 4.60. The molecule has 1 heterocycles. The Hall–Kier alpha value is -0.740. The van der Waals surface area contributed by atoms with E-state index in [4.69, 9.17) is 18.4 Å². The molecule has 0 aromatic rings. The summed E-state index contributed by atoms with van der Waals surface area (Å²) in [6.45, 7) is 7.24. The summed E-state index contributed by atoms with van der Waals surface area (Å²) in [7, 11) is -3.52. The van der Waals surface area contributed by atoms with Gasteiger partial charge in [-0.25, -0.2) is 0 Å². The maximum absolute atomic E-state index is 12.3. The van der Waals surface area contributed by atoms with E-state index in [9.17, 15) is 18.3 Å². The van der Waals surface area contributed by atoms with Gasteiger partial charge in [-0.3, -0.25) is 8.98 Å². The Kier molecular flexibility index (Phi) is 6.95. The van der Waals surface area contributed by atoms with Crippen molar-refractivity contribution in [3.8, 4) is 0 Å². The van der Waals surface area contributed by atoms with Crippen molar-refractivity contribution in [3.05, 3.63) is 0 Å². The molecule has 1 aliphatic heterocycles. The second kappa shape index (κ2) is 9.04. The van der Waals surface area contributed by atoms with Crippen LogP contribution in [-0.2, 0) is 33.3 Å². The van der Waals surface area contributed by atoms with E-state index < -0.39 is 22.0 Å². The zero-order valence-electron chi connectivity index (χ0n) is 20.4. The van der Waals surface area contributed by atoms with Crippen LogP contribution in [0.25, 0.3) is 0 Å². The normalized spacial score (nSPS) is 42.9. The van der Waals surface area contributed by atoms with Gasteiger partial charge in [-0.2, -0.15) is 8.42 Å². The van der Waals surface area contributed by atoms with Gasteiger partial charge >= 0.3 is 5.97 Å². The predicted octanol–water partition coefficient (Wildman–Crippen LogP) is 3.02. The molecule has 190 valence electrons. The average Bonchev–Trinajstić information content (AvgIpc) is 3.30. The van der Waals surface area contributed by atoms with Gasteiger partial charge in [-0.05, 0) is 56.3 Å². The highest BCUT2D eigenvalue weighted by Crippen LogP contribution is 2.65. The largest absolute Gasteiger partial charge is 0.462 e. The Morgan fingerprint density at radius 1 is 1.06 bits per heavy atom. The molecule has 3 saturated carbocycles. The first kappa shape index (κ1) is 25.4. The highest BCUT2D eigenvalue weighted by Gasteiger charge is 2.67. The van der Waals surface area contributed by atoms with E-state index in [0.29, 0.717) is 32.5 Å². The van der Waals surface area contributed by atoms with E-state index in [1.165, 1.54) is 6.92 Å². The Morgan fingerprint density at radius 2 is 1.73 bits per heavy atom. The van der Waals surface area contributed by atoms with Gasteiger partial charge < -0.3 is 19.3 Å². The Bertz CT molecular complexity index is 837. The summed E-state index contributed by atoms with van der Waals surface area (Å²) in [5, 5.41) is 10.4. The summed E-state index contributed by atoms with van der Waals surface area (Å²) in [4.78, 5) is 12.3. The van der Waals surface area contributed by atoms with Crippen LogP contribution < -0.4 is 0 Å². The first-order chi connectivity index (χ1) is 15.4. The molecule has 3 aliphatic carbocycles. The molecule has 0 unspecified atom stereocenters. The number of fused-ring (bicyclic) bond motifs is 2. The van der Waals surface area contributed by atoms with Crippen molar-refractivity contribution in [3.63, 3.8) is 0 Å².